The van der Waals surface area contributed by atoms with Crippen LogP contribution in [0.25, 0.3) is 0 Å². The van der Waals surface area contributed by atoms with Crippen LogP contribution in [0.1, 0.15) is 30.1 Å². The van der Waals surface area contributed by atoms with Crippen LogP contribution in [0.4, 0.5) is 5.69 Å². The zero-order chi connectivity index (χ0) is 17.0. The van der Waals surface area contributed by atoms with Gasteiger partial charge in [-0.25, -0.2) is 0 Å². The Hall–Kier alpha value is -2.64. The van der Waals surface area contributed by atoms with E-state index < -0.39 is 10.8 Å². The van der Waals surface area contributed by atoms with Crippen LogP contribution in [0.15, 0.2) is 18.2 Å². The van der Waals surface area contributed by atoms with Crippen LogP contribution in [0.5, 0.6) is 5.75 Å². The molecule has 1 aromatic rings. The average molecular weight is 321 g/mol. The molecular weight excluding hydrogens is 302 g/mol. The van der Waals surface area contributed by atoms with Crippen LogP contribution < -0.4 is 10.5 Å². The van der Waals surface area contributed by atoms with Crippen LogP contribution in [-0.2, 0) is 4.79 Å². The van der Waals surface area contributed by atoms with E-state index in [-0.39, 0.29) is 35.4 Å². The maximum atomic E-state index is 12.5. The SMILES string of the molecule is CCOc1ccc(C(=O)N2CCCC(C(N)=O)C2)cc1[N+](=O)[O-]. The molecule has 1 fully saturated rings. The van der Waals surface area contributed by atoms with E-state index in [4.69, 9.17) is 10.5 Å². The smallest absolute Gasteiger partial charge is 0.311 e. The first-order valence-electron chi connectivity index (χ1n) is 7.43. The Labute approximate surface area is 133 Å². The topological polar surface area (TPSA) is 116 Å². The Balaban J connectivity index is 2.23. The minimum absolute atomic E-state index is 0.128. The molecule has 1 heterocycles. The van der Waals surface area contributed by atoms with Crippen molar-refractivity contribution in [3.8, 4) is 5.75 Å². The zero-order valence-corrected chi connectivity index (χ0v) is 12.9. The molecule has 1 saturated heterocycles. The Morgan fingerprint density at radius 3 is 2.83 bits per heavy atom. The number of nitrogens with zero attached hydrogens (tertiary/aromatic N) is 2. The predicted octanol–water partition coefficient (Wildman–Crippen LogP) is 1.33. The Morgan fingerprint density at radius 2 is 2.22 bits per heavy atom. The third-order valence-electron chi connectivity index (χ3n) is 3.81. The number of hydrogen-bond donors (Lipinski definition) is 1. The van der Waals surface area contributed by atoms with Gasteiger partial charge in [0.15, 0.2) is 5.75 Å². The second kappa shape index (κ2) is 7.08. The summed E-state index contributed by atoms with van der Waals surface area (Å²) in [6, 6.07) is 4.12. The minimum atomic E-state index is -0.579. The van der Waals surface area contributed by atoms with Gasteiger partial charge >= 0.3 is 5.69 Å². The summed E-state index contributed by atoms with van der Waals surface area (Å²) in [6.45, 7) is 2.76. The third-order valence-corrected chi connectivity index (χ3v) is 3.81. The number of carbonyl (C=O) groups excluding carboxylic acids is 2. The summed E-state index contributed by atoms with van der Waals surface area (Å²) in [4.78, 5) is 35.9. The van der Waals surface area contributed by atoms with Crippen molar-refractivity contribution in [3.05, 3.63) is 33.9 Å². The lowest BCUT2D eigenvalue weighted by Crippen LogP contribution is -2.44. The first-order valence-corrected chi connectivity index (χ1v) is 7.43. The van der Waals surface area contributed by atoms with E-state index in [9.17, 15) is 19.7 Å². The molecule has 1 atom stereocenters. The fraction of sp³-hybridized carbons (Fsp3) is 0.467. The Kier molecular flexibility index (Phi) is 5.15. The highest BCUT2D eigenvalue weighted by atomic mass is 16.6. The number of amides is 2. The van der Waals surface area contributed by atoms with Gasteiger partial charge in [-0.1, -0.05) is 0 Å². The van der Waals surface area contributed by atoms with Crippen molar-refractivity contribution in [1.82, 2.24) is 4.90 Å². The molecule has 2 rings (SSSR count). The maximum absolute atomic E-state index is 12.5. The van der Waals surface area contributed by atoms with Crippen molar-refractivity contribution < 1.29 is 19.2 Å². The number of likely N-dealkylation sites (tertiary alicyclic amines) is 1. The van der Waals surface area contributed by atoms with E-state index in [0.29, 0.717) is 26.0 Å². The first-order chi connectivity index (χ1) is 10.9. The average Bonchev–Trinajstić information content (AvgIpc) is 2.54. The van der Waals surface area contributed by atoms with E-state index in [1.165, 1.54) is 23.1 Å². The van der Waals surface area contributed by atoms with E-state index in [1.54, 1.807) is 6.92 Å². The number of primary amides is 1. The van der Waals surface area contributed by atoms with E-state index in [1.807, 2.05) is 0 Å². The third kappa shape index (κ3) is 3.77. The van der Waals surface area contributed by atoms with E-state index in [2.05, 4.69) is 0 Å². The molecule has 0 radical (unpaired) electrons. The van der Waals surface area contributed by atoms with Crippen molar-refractivity contribution >= 4 is 17.5 Å². The summed E-state index contributed by atoms with van der Waals surface area (Å²) in [5.41, 5.74) is 5.25. The molecule has 2 amide bonds. The van der Waals surface area contributed by atoms with Gasteiger partial charge in [0.1, 0.15) is 0 Å². The zero-order valence-electron chi connectivity index (χ0n) is 12.9. The summed E-state index contributed by atoms with van der Waals surface area (Å²) in [6.07, 6.45) is 1.33. The summed E-state index contributed by atoms with van der Waals surface area (Å²) in [5, 5.41) is 11.1. The summed E-state index contributed by atoms with van der Waals surface area (Å²) < 4.78 is 5.20. The molecule has 0 aliphatic carbocycles. The molecule has 23 heavy (non-hydrogen) atoms. The van der Waals surface area contributed by atoms with Gasteiger partial charge in [0.2, 0.25) is 5.91 Å². The number of benzene rings is 1. The summed E-state index contributed by atoms with van der Waals surface area (Å²) >= 11 is 0. The van der Waals surface area contributed by atoms with Gasteiger partial charge in [0.25, 0.3) is 5.91 Å². The number of hydrogen-bond acceptors (Lipinski definition) is 5. The number of nitrogens with two attached hydrogens (primary N) is 1. The number of piperidine rings is 1. The van der Waals surface area contributed by atoms with Gasteiger partial charge in [0, 0.05) is 24.7 Å². The maximum Gasteiger partial charge on any atom is 0.311 e. The highest BCUT2D eigenvalue weighted by Gasteiger charge is 2.28. The largest absolute Gasteiger partial charge is 0.487 e. The number of carbonyl (C=O) groups is 2. The molecule has 2 N–H and O–H groups in total. The van der Waals surface area contributed by atoms with Crippen molar-refractivity contribution in [2.45, 2.75) is 19.8 Å². The van der Waals surface area contributed by atoms with Crippen molar-refractivity contribution in [1.29, 1.82) is 0 Å². The van der Waals surface area contributed by atoms with Crippen LogP contribution in [-0.4, -0.2) is 41.3 Å². The van der Waals surface area contributed by atoms with Gasteiger partial charge < -0.3 is 15.4 Å². The minimum Gasteiger partial charge on any atom is -0.487 e. The highest BCUT2D eigenvalue weighted by Crippen LogP contribution is 2.29. The first kappa shape index (κ1) is 16.7. The fourth-order valence-electron chi connectivity index (χ4n) is 2.65. The predicted molar refractivity (Wildman–Crippen MR) is 82.1 cm³/mol. The molecule has 124 valence electrons. The lowest BCUT2D eigenvalue weighted by molar-refractivity contribution is -0.385. The van der Waals surface area contributed by atoms with Crippen LogP contribution in [0.2, 0.25) is 0 Å². The van der Waals surface area contributed by atoms with E-state index in [0.717, 1.165) is 0 Å². The molecule has 0 spiro atoms. The molecule has 0 bridgehead atoms. The molecule has 1 unspecified atom stereocenters. The number of ether oxygens (including phenoxy) is 1. The molecule has 1 aliphatic rings. The summed E-state index contributed by atoms with van der Waals surface area (Å²) in [5.74, 6) is -1.02. The fourth-order valence-corrected chi connectivity index (χ4v) is 2.65. The second-order valence-electron chi connectivity index (χ2n) is 5.37. The Morgan fingerprint density at radius 1 is 1.48 bits per heavy atom. The van der Waals surface area contributed by atoms with Crippen LogP contribution in [0.3, 0.4) is 0 Å². The molecule has 1 aromatic carbocycles. The normalized spacial score (nSPS) is 17.6. The Bertz CT molecular complexity index is 632. The van der Waals surface area contributed by atoms with Gasteiger partial charge in [0.05, 0.1) is 17.4 Å². The van der Waals surface area contributed by atoms with E-state index >= 15 is 0 Å². The van der Waals surface area contributed by atoms with Crippen LogP contribution >= 0.6 is 0 Å². The van der Waals surface area contributed by atoms with Gasteiger partial charge in [-0.3, -0.25) is 19.7 Å². The van der Waals surface area contributed by atoms with Gasteiger partial charge in [-0.2, -0.15) is 0 Å². The van der Waals surface area contributed by atoms with Crippen molar-refractivity contribution in [3.63, 3.8) is 0 Å². The lowest BCUT2D eigenvalue weighted by atomic mass is 9.97. The second-order valence-corrected chi connectivity index (χ2v) is 5.37. The highest BCUT2D eigenvalue weighted by molar-refractivity contribution is 5.95. The molecular formula is C15H19N3O5. The molecule has 8 heteroatoms. The van der Waals surface area contributed by atoms with Crippen molar-refractivity contribution in [2.24, 2.45) is 11.7 Å². The molecule has 1 aliphatic heterocycles. The molecule has 8 nitrogen and oxygen atoms in total. The lowest BCUT2D eigenvalue weighted by Gasteiger charge is -2.31. The number of nitro groups is 1. The van der Waals surface area contributed by atoms with Crippen molar-refractivity contribution in [2.75, 3.05) is 19.7 Å². The van der Waals surface area contributed by atoms with Gasteiger partial charge in [-0.15, -0.1) is 0 Å². The monoisotopic (exact) mass is 321 g/mol. The molecule has 0 saturated carbocycles. The number of rotatable bonds is 5. The standard InChI is InChI=1S/C15H19N3O5/c1-2-23-13-6-5-10(8-12(13)18(21)22)15(20)17-7-3-4-11(9-17)14(16)19/h5-6,8,11H,2-4,7,9H2,1H3,(H2,16,19). The quantitative estimate of drug-likeness (QED) is 0.648. The molecule has 0 aromatic heterocycles. The number of nitro benzene ring substituents is 1. The summed E-state index contributed by atoms with van der Waals surface area (Å²) in [7, 11) is 0. The van der Waals surface area contributed by atoms with Crippen LogP contribution in [0, 0.1) is 16.0 Å². The van der Waals surface area contributed by atoms with Gasteiger partial charge in [-0.05, 0) is 31.9 Å².